The first-order valence-electron chi connectivity index (χ1n) is 5.72. The summed E-state index contributed by atoms with van der Waals surface area (Å²) in [6, 6.07) is -0.413. The second-order valence-corrected chi connectivity index (χ2v) is 10.7. The first-order valence-corrected chi connectivity index (χ1v) is 10.2. The van der Waals surface area contributed by atoms with Gasteiger partial charge in [-0.15, -0.1) is 0 Å². The molecule has 0 saturated carbocycles. The van der Waals surface area contributed by atoms with Crippen molar-refractivity contribution in [3.63, 3.8) is 0 Å². The van der Waals surface area contributed by atoms with Gasteiger partial charge in [-0.2, -0.15) is 0 Å². The molecule has 18 heavy (non-hydrogen) atoms. The minimum absolute atomic E-state index is 0.0548. The lowest BCUT2D eigenvalue weighted by Gasteiger charge is -2.29. The van der Waals surface area contributed by atoms with Crippen molar-refractivity contribution in [3.8, 4) is 0 Å². The first kappa shape index (κ1) is 12.7. The smallest absolute Gasteiger partial charge is 0.157 e. The predicted molar refractivity (Wildman–Crippen MR) is 70.4 cm³/mol. The van der Waals surface area contributed by atoms with Crippen LogP contribution in [0.25, 0.3) is 0 Å². The maximum absolute atomic E-state index is 11.6. The van der Waals surface area contributed by atoms with Crippen molar-refractivity contribution >= 4 is 36.6 Å². The molecule has 0 aromatic rings. The van der Waals surface area contributed by atoms with Crippen molar-refractivity contribution in [2.45, 2.75) is 23.8 Å². The molecule has 3 aliphatic rings. The van der Waals surface area contributed by atoms with Crippen molar-refractivity contribution in [2.24, 2.45) is 0 Å². The van der Waals surface area contributed by atoms with Crippen LogP contribution in [0.1, 0.15) is 6.42 Å². The summed E-state index contributed by atoms with van der Waals surface area (Å²) in [6.07, 6.45) is 0.508. The summed E-state index contributed by atoms with van der Waals surface area (Å²) in [4.78, 5) is 1.74. The van der Waals surface area contributed by atoms with E-state index in [1.807, 2.05) is 0 Å². The Morgan fingerprint density at radius 1 is 1.11 bits per heavy atom. The lowest BCUT2D eigenvalue weighted by atomic mass is 10.1. The van der Waals surface area contributed by atoms with E-state index in [0.29, 0.717) is 11.6 Å². The Bertz CT molecular complexity index is 597. The molecule has 6 nitrogen and oxygen atoms in total. The Labute approximate surface area is 110 Å². The van der Waals surface area contributed by atoms with Crippen LogP contribution in [0, 0.1) is 5.41 Å². The van der Waals surface area contributed by atoms with Gasteiger partial charge in [0.1, 0.15) is 0 Å². The van der Waals surface area contributed by atoms with Crippen molar-refractivity contribution in [3.05, 3.63) is 0 Å². The highest BCUT2D eigenvalue weighted by Crippen LogP contribution is 2.40. The van der Waals surface area contributed by atoms with Crippen LogP contribution >= 0.6 is 11.8 Å². The number of hydrogen-bond donors (Lipinski definition) is 1. The number of amidine groups is 1. The molecular formula is C9H14N2O4S3. The fourth-order valence-electron chi connectivity index (χ4n) is 2.96. The van der Waals surface area contributed by atoms with Crippen LogP contribution in [0.15, 0.2) is 0 Å². The SMILES string of the molecule is N=C1S[C@H]2CS(=O)(=O)C[C@H]2N1[C@@H]1CCS(=O)(=O)C1. The van der Waals surface area contributed by atoms with E-state index in [2.05, 4.69) is 0 Å². The van der Waals surface area contributed by atoms with Crippen LogP contribution in [0.4, 0.5) is 0 Å². The minimum atomic E-state index is -3.03. The summed E-state index contributed by atoms with van der Waals surface area (Å²) in [6.45, 7) is 0. The third-order valence-corrected chi connectivity index (χ3v) is 8.62. The van der Waals surface area contributed by atoms with Crippen LogP contribution < -0.4 is 0 Å². The summed E-state index contributed by atoms with van der Waals surface area (Å²) in [5.41, 5.74) is 0. The van der Waals surface area contributed by atoms with Gasteiger partial charge in [0.2, 0.25) is 0 Å². The zero-order valence-electron chi connectivity index (χ0n) is 9.57. The lowest BCUT2D eigenvalue weighted by Crippen LogP contribution is -2.45. The molecule has 3 heterocycles. The Balaban J connectivity index is 1.86. The fourth-order valence-corrected chi connectivity index (χ4v) is 8.53. The second-order valence-electron chi connectivity index (χ2n) is 5.07. The Morgan fingerprint density at radius 2 is 1.83 bits per heavy atom. The van der Waals surface area contributed by atoms with Gasteiger partial charge in [-0.25, -0.2) is 16.8 Å². The molecule has 0 amide bonds. The van der Waals surface area contributed by atoms with Crippen LogP contribution in [0.2, 0.25) is 0 Å². The molecule has 0 radical (unpaired) electrons. The number of fused-ring (bicyclic) bond motifs is 1. The third kappa shape index (κ3) is 2.05. The predicted octanol–water partition coefficient (Wildman–Crippen LogP) is -0.677. The molecule has 0 unspecified atom stereocenters. The quantitative estimate of drug-likeness (QED) is 0.689. The number of nitrogens with one attached hydrogen (secondary N) is 1. The monoisotopic (exact) mass is 310 g/mol. The average molecular weight is 310 g/mol. The average Bonchev–Trinajstić information content (AvgIpc) is 2.75. The van der Waals surface area contributed by atoms with Gasteiger partial charge in [0.25, 0.3) is 0 Å². The van der Waals surface area contributed by atoms with E-state index in [9.17, 15) is 16.8 Å². The molecule has 0 aromatic carbocycles. The molecule has 0 aromatic heterocycles. The number of thioether (sulfide) groups is 1. The molecule has 3 atom stereocenters. The summed E-state index contributed by atoms with van der Waals surface area (Å²) in [5.74, 6) is 0.375. The molecule has 0 spiro atoms. The van der Waals surface area contributed by atoms with Gasteiger partial charge in [0, 0.05) is 11.3 Å². The minimum Gasteiger partial charge on any atom is -0.342 e. The maximum Gasteiger partial charge on any atom is 0.157 e. The zero-order valence-corrected chi connectivity index (χ0v) is 12.0. The first-order chi connectivity index (χ1) is 8.27. The number of sulfone groups is 2. The van der Waals surface area contributed by atoms with Gasteiger partial charge in [-0.3, -0.25) is 5.41 Å². The molecule has 3 saturated heterocycles. The van der Waals surface area contributed by atoms with Crippen LogP contribution in [-0.4, -0.2) is 67.2 Å². The zero-order chi connectivity index (χ0) is 13.1. The van der Waals surface area contributed by atoms with Crippen molar-refractivity contribution in [1.29, 1.82) is 5.41 Å². The molecule has 1 N–H and O–H groups in total. The van der Waals surface area contributed by atoms with Gasteiger partial charge < -0.3 is 4.90 Å². The molecular weight excluding hydrogens is 296 g/mol. The van der Waals surface area contributed by atoms with Gasteiger partial charge >= 0.3 is 0 Å². The van der Waals surface area contributed by atoms with E-state index in [1.54, 1.807) is 4.90 Å². The van der Waals surface area contributed by atoms with Gasteiger partial charge in [-0.1, -0.05) is 11.8 Å². The maximum atomic E-state index is 11.6. The largest absolute Gasteiger partial charge is 0.342 e. The molecule has 9 heteroatoms. The lowest BCUT2D eigenvalue weighted by molar-refractivity contribution is 0.286. The normalized spacial score (nSPS) is 41.2. The molecule has 3 rings (SSSR count). The van der Waals surface area contributed by atoms with E-state index in [4.69, 9.17) is 5.41 Å². The summed E-state index contributed by atoms with van der Waals surface area (Å²) in [7, 11) is -6.04. The highest BCUT2D eigenvalue weighted by atomic mass is 32.2. The van der Waals surface area contributed by atoms with Crippen molar-refractivity contribution in [2.75, 3.05) is 23.0 Å². The second kappa shape index (κ2) is 3.86. The summed E-state index contributed by atoms with van der Waals surface area (Å²) in [5, 5.41) is 8.17. The number of nitrogens with zero attached hydrogens (tertiary/aromatic N) is 1. The molecule has 0 bridgehead atoms. The van der Waals surface area contributed by atoms with E-state index >= 15 is 0 Å². The highest BCUT2D eigenvalue weighted by molar-refractivity contribution is 8.15. The van der Waals surface area contributed by atoms with Crippen LogP contribution in [0.3, 0.4) is 0 Å². The topological polar surface area (TPSA) is 95.4 Å². The standard InChI is InChI=1S/C9H14N2O4S3/c10-9-11(6-1-2-17(12,13)3-6)7-4-18(14,15)5-8(7)16-9/h6-8,10H,1-5H2/t6-,7-,8+/m1/s1. The van der Waals surface area contributed by atoms with Gasteiger partial charge in [-0.05, 0) is 6.42 Å². The van der Waals surface area contributed by atoms with E-state index in [-0.39, 0.29) is 40.3 Å². The molecule has 3 fully saturated rings. The van der Waals surface area contributed by atoms with Crippen LogP contribution in [0.5, 0.6) is 0 Å². The Kier molecular flexibility index (Phi) is 2.73. The molecule has 0 aliphatic carbocycles. The molecule has 3 aliphatic heterocycles. The fraction of sp³-hybridized carbons (Fsp3) is 0.889. The van der Waals surface area contributed by atoms with Gasteiger partial charge in [0.05, 0.1) is 29.1 Å². The number of hydrogen-bond acceptors (Lipinski definition) is 6. The van der Waals surface area contributed by atoms with Gasteiger partial charge in [0.15, 0.2) is 24.8 Å². The van der Waals surface area contributed by atoms with Crippen LogP contribution in [-0.2, 0) is 19.7 Å². The number of rotatable bonds is 1. The van der Waals surface area contributed by atoms with E-state index in [0.717, 1.165) is 0 Å². The summed E-state index contributed by atoms with van der Waals surface area (Å²) >= 11 is 1.27. The third-order valence-electron chi connectivity index (χ3n) is 3.73. The Hall–Kier alpha value is -0.280. The van der Waals surface area contributed by atoms with Crippen molar-refractivity contribution in [1.82, 2.24) is 4.90 Å². The van der Waals surface area contributed by atoms with E-state index < -0.39 is 19.7 Å². The molecule has 102 valence electrons. The Morgan fingerprint density at radius 3 is 2.44 bits per heavy atom. The highest BCUT2D eigenvalue weighted by Gasteiger charge is 2.51. The summed E-state index contributed by atoms with van der Waals surface area (Å²) < 4.78 is 46.2. The van der Waals surface area contributed by atoms with E-state index in [1.165, 1.54) is 11.8 Å². The van der Waals surface area contributed by atoms with Crippen molar-refractivity contribution < 1.29 is 16.8 Å².